The molecule has 0 atom stereocenters. The van der Waals surface area contributed by atoms with Crippen LogP contribution in [-0.2, 0) is 25.0 Å². The summed E-state index contributed by atoms with van der Waals surface area (Å²) >= 11 is 0. The molecule has 0 radical (unpaired) electrons. The summed E-state index contributed by atoms with van der Waals surface area (Å²) in [5.41, 5.74) is 1.08. The fourth-order valence-corrected chi connectivity index (χ4v) is 3.52. The molecule has 2 aliphatic heterocycles. The lowest BCUT2D eigenvalue weighted by Crippen LogP contribution is -2.41. The van der Waals surface area contributed by atoms with Crippen molar-refractivity contribution >= 4 is 19.7 Å². The Hall–Kier alpha value is -1.33. The minimum absolute atomic E-state index is 0.191. The molecule has 2 heterocycles. The van der Waals surface area contributed by atoms with Gasteiger partial charge in [-0.3, -0.25) is 0 Å². The normalized spacial score (nSPS) is 24.4. The van der Waals surface area contributed by atoms with Crippen molar-refractivity contribution in [1.82, 2.24) is 0 Å². The van der Waals surface area contributed by atoms with E-state index >= 15 is 0 Å². The molecule has 0 unspecified atom stereocenters. The molecule has 3 rings (SSSR count). The molecule has 0 N–H and O–H groups in total. The van der Waals surface area contributed by atoms with E-state index in [1.165, 1.54) is 5.56 Å². The third-order valence-corrected chi connectivity index (χ3v) is 6.91. The molecule has 2 aliphatic rings. The predicted octanol–water partition coefficient (Wildman–Crippen LogP) is 4.73. The van der Waals surface area contributed by atoms with Gasteiger partial charge in [-0.25, -0.2) is 0 Å². The summed E-state index contributed by atoms with van der Waals surface area (Å²) in [4.78, 5) is 0. The third-order valence-electron chi connectivity index (χ3n) is 6.91. The van der Waals surface area contributed by atoms with Gasteiger partial charge in [0, 0.05) is 6.32 Å². The minimum atomic E-state index is -0.336. The summed E-state index contributed by atoms with van der Waals surface area (Å²) in [5, 5.41) is 0. The Bertz CT molecular complexity index is 779. The smallest absolute Gasteiger partial charge is 0.403 e. The first-order valence-electron chi connectivity index (χ1n) is 11.0. The lowest BCUT2D eigenvalue weighted by atomic mass is 9.75. The Morgan fingerprint density at radius 1 is 0.700 bits per heavy atom. The topological polar surface area (TPSA) is 36.9 Å². The first-order valence-corrected chi connectivity index (χ1v) is 11.0. The van der Waals surface area contributed by atoms with Gasteiger partial charge in [-0.2, -0.15) is 0 Å². The van der Waals surface area contributed by atoms with E-state index < -0.39 is 0 Å². The van der Waals surface area contributed by atoms with Crippen LogP contribution in [0, 0.1) is 0 Å². The van der Waals surface area contributed by atoms with Crippen LogP contribution in [0.5, 0.6) is 0 Å². The number of hydrogen-bond acceptors (Lipinski definition) is 4. The summed E-state index contributed by atoms with van der Waals surface area (Å²) in [6.45, 7) is 16.6. The van der Waals surface area contributed by atoms with Crippen LogP contribution in [0.1, 0.15) is 61.0 Å². The fraction of sp³-hybridized carbons (Fsp3) is 0.583. The maximum Gasteiger partial charge on any atom is 0.495 e. The molecule has 2 fully saturated rings. The SMILES string of the molecule is CC1(C)OB(C/C=C\C=C/Cc2ccccc2B2OC(C)(C)C(C)(C)O2)OC1(C)C. The van der Waals surface area contributed by atoms with E-state index in [9.17, 15) is 0 Å². The molecule has 2 saturated heterocycles. The second-order valence-corrected chi connectivity index (χ2v) is 10.3. The summed E-state index contributed by atoms with van der Waals surface area (Å²) in [5.74, 6) is 0. The van der Waals surface area contributed by atoms with Crippen LogP contribution in [0.25, 0.3) is 0 Å². The van der Waals surface area contributed by atoms with Crippen molar-refractivity contribution in [3.63, 3.8) is 0 Å². The Labute approximate surface area is 183 Å². The lowest BCUT2D eigenvalue weighted by molar-refractivity contribution is 0.00578. The van der Waals surface area contributed by atoms with Crippen molar-refractivity contribution in [1.29, 1.82) is 0 Å². The monoisotopic (exact) mass is 410 g/mol. The first-order chi connectivity index (χ1) is 13.8. The summed E-state index contributed by atoms with van der Waals surface area (Å²) in [6, 6.07) is 8.34. The molecule has 1 aromatic rings. The quantitative estimate of drug-likeness (QED) is 0.502. The molecular weight excluding hydrogens is 374 g/mol. The highest BCUT2D eigenvalue weighted by molar-refractivity contribution is 6.62. The van der Waals surface area contributed by atoms with E-state index in [-0.39, 0.29) is 36.6 Å². The van der Waals surface area contributed by atoms with Crippen LogP contribution >= 0.6 is 0 Å². The van der Waals surface area contributed by atoms with Gasteiger partial charge in [0.2, 0.25) is 0 Å². The summed E-state index contributed by atoms with van der Waals surface area (Å²) < 4.78 is 24.5. The van der Waals surface area contributed by atoms with Crippen LogP contribution in [0.15, 0.2) is 48.6 Å². The fourth-order valence-electron chi connectivity index (χ4n) is 3.52. The van der Waals surface area contributed by atoms with Crippen molar-refractivity contribution in [3.8, 4) is 0 Å². The molecule has 0 spiro atoms. The molecular formula is C24H36B2O4. The molecule has 30 heavy (non-hydrogen) atoms. The van der Waals surface area contributed by atoms with Crippen molar-refractivity contribution < 1.29 is 18.6 Å². The molecule has 162 valence electrons. The lowest BCUT2D eigenvalue weighted by Gasteiger charge is -2.32. The van der Waals surface area contributed by atoms with E-state index in [0.717, 1.165) is 18.2 Å². The minimum Gasteiger partial charge on any atom is -0.403 e. The van der Waals surface area contributed by atoms with Gasteiger partial charge in [0.1, 0.15) is 0 Å². The maximum absolute atomic E-state index is 6.24. The molecule has 1 aromatic carbocycles. The molecule has 4 nitrogen and oxygen atoms in total. The van der Waals surface area contributed by atoms with Crippen molar-refractivity contribution in [3.05, 3.63) is 54.1 Å². The van der Waals surface area contributed by atoms with E-state index in [1.54, 1.807) is 0 Å². The third kappa shape index (κ3) is 4.77. The Balaban J connectivity index is 1.56. The van der Waals surface area contributed by atoms with Crippen LogP contribution in [-0.4, -0.2) is 36.6 Å². The highest BCUT2D eigenvalue weighted by atomic mass is 16.7. The van der Waals surface area contributed by atoms with Gasteiger partial charge in [0.15, 0.2) is 0 Å². The van der Waals surface area contributed by atoms with Gasteiger partial charge in [-0.15, -0.1) is 0 Å². The highest BCUT2D eigenvalue weighted by Gasteiger charge is 2.52. The van der Waals surface area contributed by atoms with Crippen LogP contribution in [0.2, 0.25) is 6.32 Å². The van der Waals surface area contributed by atoms with Gasteiger partial charge >= 0.3 is 14.2 Å². The molecule has 0 saturated carbocycles. The molecule has 0 amide bonds. The second kappa shape index (κ2) is 8.31. The first kappa shape index (κ1) is 23.3. The summed E-state index contributed by atoms with van der Waals surface area (Å²) in [6.07, 6.45) is 9.95. The van der Waals surface area contributed by atoms with Crippen LogP contribution in [0.3, 0.4) is 0 Å². The average Bonchev–Trinajstić information content (AvgIpc) is 2.97. The zero-order valence-electron chi connectivity index (χ0n) is 19.8. The molecule has 0 aliphatic carbocycles. The maximum atomic E-state index is 6.24. The van der Waals surface area contributed by atoms with Gasteiger partial charge in [-0.1, -0.05) is 48.6 Å². The Morgan fingerprint density at radius 3 is 1.80 bits per heavy atom. The number of allylic oxidation sites excluding steroid dienone is 4. The predicted molar refractivity (Wildman–Crippen MR) is 125 cm³/mol. The van der Waals surface area contributed by atoms with E-state index in [1.807, 2.05) is 6.07 Å². The number of rotatable bonds is 6. The van der Waals surface area contributed by atoms with E-state index in [0.29, 0.717) is 0 Å². The Morgan fingerprint density at radius 2 is 1.20 bits per heavy atom. The molecule has 6 heteroatoms. The average molecular weight is 410 g/mol. The molecule has 0 bridgehead atoms. The highest BCUT2D eigenvalue weighted by Crippen LogP contribution is 2.38. The number of hydrogen-bond donors (Lipinski definition) is 0. The van der Waals surface area contributed by atoms with Crippen LogP contribution < -0.4 is 5.46 Å². The zero-order valence-corrected chi connectivity index (χ0v) is 19.8. The van der Waals surface area contributed by atoms with Crippen molar-refractivity contribution in [2.24, 2.45) is 0 Å². The Kier molecular flexibility index (Phi) is 6.46. The standard InChI is InChI=1S/C24H36B2O4/c1-21(2)22(3,4)28-25(27-21)18-14-10-9-11-15-19-16-12-13-17-20(19)26-29-23(5,6)24(7,8)30-26/h9-14,16-17H,15,18H2,1-8H3/b11-9-,14-10-. The van der Waals surface area contributed by atoms with Gasteiger partial charge in [0.05, 0.1) is 22.4 Å². The van der Waals surface area contributed by atoms with E-state index in [2.05, 4.69) is 97.9 Å². The van der Waals surface area contributed by atoms with E-state index in [4.69, 9.17) is 18.6 Å². The zero-order chi connectivity index (χ0) is 22.2. The summed E-state index contributed by atoms with van der Waals surface area (Å²) in [7, 11) is -0.526. The number of benzene rings is 1. The van der Waals surface area contributed by atoms with Gasteiger partial charge in [-0.05, 0) is 72.8 Å². The van der Waals surface area contributed by atoms with Crippen molar-refractivity contribution in [2.45, 2.75) is 90.5 Å². The van der Waals surface area contributed by atoms with Crippen LogP contribution in [0.4, 0.5) is 0 Å². The van der Waals surface area contributed by atoms with Gasteiger partial charge in [0.25, 0.3) is 0 Å². The molecule has 0 aromatic heterocycles. The second-order valence-electron chi connectivity index (χ2n) is 10.3. The van der Waals surface area contributed by atoms with Gasteiger partial charge < -0.3 is 18.6 Å². The van der Waals surface area contributed by atoms with Crippen molar-refractivity contribution in [2.75, 3.05) is 0 Å². The largest absolute Gasteiger partial charge is 0.495 e.